The van der Waals surface area contributed by atoms with Crippen LogP contribution in [0.3, 0.4) is 0 Å². The lowest BCUT2D eigenvalue weighted by atomic mass is 9.80. The number of aliphatic hydroxyl groups excluding tert-OH is 1. The SMILES string of the molecule is CC1CCCC(CC(=O)NC(C)C(C)CO)C1. The average molecular weight is 241 g/mol. The number of carbonyl (C=O) groups excluding carboxylic acids is 1. The molecule has 0 spiro atoms. The molecule has 100 valence electrons. The van der Waals surface area contributed by atoms with Crippen LogP contribution in [0, 0.1) is 17.8 Å². The molecule has 1 aliphatic carbocycles. The second kappa shape index (κ2) is 7.00. The van der Waals surface area contributed by atoms with E-state index in [0.29, 0.717) is 12.3 Å². The molecule has 1 saturated carbocycles. The first kappa shape index (κ1) is 14.5. The van der Waals surface area contributed by atoms with Gasteiger partial charge in [-0.3, -0.25) is 4.79 Å². The predicted octanol–water partition coefficient (Wildman–Crippen LogP) is 2.34. The van der Waals surface area contributed by atoms with Crippen molar-refractivity contribution in [3.05, 3.63) is 0 Å². The van der Waals surface area contributed by atoms with Crippen molar-refractivity contribution in [3.8, 4) is 0 Å². The molecule has 1 amide bonds. The first-order valence-corrected chi connectivity index (χ1v) is 6.93. The van der Waals surface area contributed by atoms with Crippen LogP contribution in [0.1, 0.15) is 52.9 Å². The second-order valence-corrected chi connectivity index (χ2v) is 5.86. The van der Waals surface area contributed by atoms with Crippen LogP contribution in [0.15, 0.2) is 0 Å². The summed E-state index contributed by atoms with van der Waals surface area (Å²) in [6.45, 7) is 6.32. The van der Waals surface area contributed by atoms with Gasteiger partial charge in [-0.2, -0.15) is 0 Å². The number of aliphatic hydroxyl groups is 1. The molecule has 2 N–H and O–H groups in total. The van der Waals surface area contributed by atoms with Gasteiger partial charge in [0, 0.05) is 19.1 Å². The highest BCUT2D eigenvalue weighted by Crippen LogP contribution is 2.30. The molecule has 0 aromatic carbocycles. The molecule has 1 aliphatic rings. The molecule has 0 aromatic heterocycles. The molecular weight excluding hydrogens is 214 g/mol. The standard InChI is InChI=1S/C14H27NO2/c1-10-5-4-6-13(7-10)8-14(17)15-12(3)11(2)9-16/h10-13,16H,4-9H2,1-3H3,(H,15,17). The molecule has 1 fully saturated rings. The molecule has 0 radical (unpaired) electrons. The molecule has 0 aromatic rings. The Balaban J connectivity index is 2.28. The van der Waals surface area contributed by atoms with Crippen LogP contribution in [0.4, 0.5) is 0 Å². The van der Waals surface area contributed by atoms with E-state index >= 15 is 0 Å². The Morgan fingerprint density at radius 1 is 1.41 bits per heavy atom. The molecule has 0 saturated heterocycles. The summed E-state index contributed by atoms with van der Waals surface area (Å²) in [7, 11) is 0. The highest BCUT2D eigenvalue weighted by Gasteiger charge is 2.22. The summed E-state index contributed by atoms with van der Waals surface area (Å²) in [6.07, 6.45) is 5.63. The van der Waals surface area contributed by atoms with Gasteiger partial charge in [-0.1, -0.05) is 26.7 Å². The lowest BCUT2D eigenvalue weighted by Crippen LogP contribution is -2.39. The first-order chi connectivity index (χ1) is 8.02. The maximum Gasteiger partial charge on any atom is 0.220 e. The molecule has 17 heavy (non-hydrogen) atoms. The van der Waals surface area contributed by atoms with E-state index in [1.807, 2.05) is 13.8 Å². The maximum atomic E-state index is 11.9. The van der Waals surface area contributed by atoms with Crippen LogP contribution in [0.2, 0.25) is 0 Å². The van der Waals surface area contributed by atoms with E-state index in [2.05, 4.69) is 12.2 Å². The summed E-state index contributed by atoms with van der Waals surface area (Å²) in [6, 6.07) is 0.0634. The Bertz CT molecular complexity index is 242. The molecular formula is C14H27NO2. The summed E-state index contributed by atoms with van der Waals surface area (Å²) >= 11 is 0. The van der Waals surface area contributed by atoms with E-state index in [1.54, 1.807) is 0 Å². The van der Waals surface area contributed by atoms with Crippen molar-refractivity contribution in [2.45, 2.75) is 58.9 Å². The van der Waals surface area contributed by atoms with Crippen LogP contribution in [-0.4, -0.2) is 23.7 Å². The van der Waals surface area contributed by atoms with E-state index in [-0.39, 0.29) is 24.5 Å². The molecule has 3 nitrogen and oxygen atoms in total. The maximum absolute atomic E-state index is 11.9. The fraction of sp³-hybridized carbons (Fsp3) is 0.929. The van der Waals surface area contributed by atoms with Gasteiger partial charge in [0.1, 0.15) is 0 Å². The zero-order chi connectivity index (χ0) is 12.8. The van der Waals surface area contributed by atoms with Crippen molar-refractivity contribution >= 4 is 5.91 Å². The van der Waals surface area contributed by atoms with Crippen molar-refractivity contribution in [2.24, 2.45) is 17.8 Å². The normalized spacial score (nSPS) is 28.5. The summed E-state index contributed by atoms with van der Waals surface area (Å²) in [4.78, 5) is 11.9. The number of hydrogen-bond donors (Lipinski definition) is 2. The fourth-order valence-electron chi connectivity index (χ4n) is 2.62. The molecule has 0 heterocycles. The number of hydrogen-bond acceptors (Lipinski definition) is 2. The Hall–Kier alpha value is -0.570. The third-order valence-electron chi connectivity index (χ3n) is 4.05. The highest BCUT2D eigenvalue weighted by atomic mass is 16.3. The van der Waals surface area contributed by atoms with Gasteiger partial charge in [0.05, 0.1) is 0 Å². The third-order valence-corrected chi connectivity index (χ3v) is 4.05. The van der Waals surface area contributed by atoms with Gasteiger partial charge in [-0.05, 0) is 37.5 Å². The zero-order valence-electron chi connectivity index (χ0n) is 11.4. The predicted molar refractivity (Wildman–Crippen MR) is 69.6 cm³/mol. The van der Waals surface area contributed by atoms with Crippen molar-refractivity contribution in [3.63, 3.8) is 0 Å². The lowest BCUT2D eigenvalue weighted by Gasteiger charge is -2.27. The van der Waals surface area contributed by atoms with Crippen molar-refractivity contribution < 1.29 is 9.90 Å². The van der Waals surface area contributed by atoms with E-state index in [0.717, 1.165) is 5.92 Å². The lowest BCUT2D eigenvalue weighted by molar-refractivity contribution is -0.123. The van der Waals surface area contributed by atoms with E-state index in [9.17, 15) is 4.79 Å². The monoisotopic (exact) mass is 241 g/mol. The Morgan fingerprint density at radius 2 is 2.12 bits per heavy atom. The Labute approximate surface area is 105 Å². The first-order valence-electron chi connectivity index (χ1n) is 6.93. The Morgan fingerprint density at radius 3 is 2.71 bits per heavy atom. The second-order valence-electron chi connectivity index (χ2n) is 5.86. The summed E-state index contributed by atoms with van der Waals surface area (Å²) in [5.41, 5.74) is 0. The van der Waals surface area contributed by atoms with Gasteiger partial charge in [0.2, 0.25) is 5.91 Å². The molecule has 0 aliphatic heterocycles. The summed E-state index contributed by atoms with van der Waals surface area (Å²) in [5.74, 6) is 1.62. The minimum absolute atomic E-state index is 0.0634. The molecule has 1 rings (SSSR count). The van der Waals surface area contributed by atoms with Crippen LogP contribution in [0.5, 0.6) is 0 Å². The largest absolute Gasteiger partial charge is 0.396 e. The van der Waals surface area contributed by atoms with Gasteiger partial charge in [0.15, 0.2) is 0 Å². The van der Waals surface area contributed by atoms with Gasteiger partial charge in [-0.25, -0.2) is 0 Å². The molecule has 4 unspecified atom stereocenters. The highest BCUT2D eigenvalue weighted by molar-refractivity contribution is 5.76. The minimum Gasteiger partial charge on any atom is -0.396 e. The topological polar surface area (TPSA) is 49.3 Å². The van der Waals surface area contributed by atoms with Gasteiger partial charge in [-0.15, -0.1) is 0 Å². The molecule has 0 bridgehead atoms. The minimum atomic E-state index is 0.0634. The van der Waals surface area contributed by atoms with Crippen LogP contribution < -0.4 is 5.32 Å². The molecule has 3 heteroatoms. The van der Waals surface area contributed by atoms with Crippen molar-refractivity contribution in [1.82, 2.24) is 5.32 Å². The summed E-state index contributed by atoms with van der Waals surface area (Å²) in [5, 5.41) is 12.0. The van der Waals surface area contributed by atoms with Crippen molar-refractivity contribution in [1.29, 1.82) is 0 Å². The summed E-state index contributed by atoms with van der Waals surface area (Å²) < 4.78 is 0. The van der Waals surface area contributed by atoms with Gasteiger partial charge in [0.25, 0.3) is 0 Å². The third kappa shape index (κ3) is 5.07. The van der Waals surface area contributed by atoms with Crippen LogP contribution in [-0.2, 0) is 4.79 Å². The average Bonchev–Trinajstić information content (AvgIpc) is 2.27. The van der Waals surface area contributed by atoms with Gasteiger partial charge >= 0.3 is 0 Å². The number of nitrogens with one attached hydrogen (secondary N) is 1. The van der Waals surface area contributed by atoms with Gasteiger partial charge < -0.3 is 10.4 Å². The van der Waals surface area contributed by atoms with Crippen LogP contribution in [0.25, 0.3) is 0 Å². The van der Waals surface area contributed by atoms with E-state index < -0.39 is 0 Å². The number of rotatable bonds is 5. The quantitative estimate of drug-likeness (QED) is 0.776. The Kier molecular flexibility index (Phi) is 5.96. The smallest absolute Gasteiger partial charge is 0.220 e. The van der Waals surface area contributed by atoms with E-state index in [4.69, 9.17) is 5.11 Å². The number of carbonyl (C=O) groups is 1. The van der Waals surface area contributed by atoms with Crippen LogP contribution >= 0.6 is 0 Å². The fourth-order valence-corrected chi connectivity index (χ4v) is 2.62. The number of amides is 1. The van der Waals surface area contributed by atoms with E-state index in [1.165, 1.54) is 25.7 Å². The van der Waals surface area contributed by atoms with Crippen molar-refractivity contribution in [2.75, 3.05) is 6.61 Å². The zero-order valence-corrected chi connectivity index (χ0v) is 11.4. The molecule has 4 atom stereocenters.